The average molecular weight is 207 g/mol. The molecule has 0 unspecified atom stereocenters. The van der Waals surface area contributed by atoms with Gasteiger partial charge in [-0.2, -0.15) is 0 Å². The first-order valence-electron chi connectivity index (χ1n) is 5.30. The van der Waals surface area contributed by atoms with Gasteiger partial charge in [0.1, 0.15) is 5.82 Å². The number of pyridine rings is 1. The van der Waals surface area contributed by atoms with E-state index < -0.39 is 0 Å². The minimum absolute atomic E-state index is 0.279. The van der Waals surface area contributed by atoms with Gasteiger partial charge < -0.3 is 16.2 Å². The van der Waals surface area contributed by atoms with Gasteiger partial charge >= 0.3 is 0 Å². The van der Waals surface area contributed by atoms with Crippen molar-refractivity contribution in [2.75, 3.05) is 24.2 Å². The van der Waals surface area contributed by atoms with Crippen molar-refractivity contribution in [2.45, 2.75) is 19.3 Å². The molecular formula is C11H17N3O. The first-order chi connectivity index (χ1) is 7.24. The third-order valence-corrected chi connectivity index (χ3v) is 3.05. The van der Waals surface area contributed by atoms with Crippen LogP contribution in [0.2, 0.25) is 0 Å². The smallest absolute Gasteiger partial charge is 0.123 e. The zero-order valence-electron chi connectivity index (χ0n) is 8.74. The number of nitrogens with zero attached hydrogens (tertiary/aromatic N) is 1. The molecule has 0 amide bonds. The Morgan fingerprint density at radius 1 is 1.47 bits per heavy atom. The molecule has 2 rings (SSSR count). The van der Waals surface area contributed by atoms with Crippen molar-refractivity contribution >= 4 is 11.5 Å². The highest BCUT2D eigenvalue weighted by Gasteiger charge is 2.41. The highest BCUT2D eigenvalue weighted by molar-refractivity contribution is 5.45. The Balaban J connectivity index is 1.85. The van der Waals surface area contributed by atoms with Gasteiger partial charge in [0.15, 0.2) is 0 Å². The maximum absolute atomic E-state index is 8.92. The number of aliphatic hydroxyl groups is 1. The molecule has 1 aromatic rings. The van der Waals surface area contributed by atoms with Crippen LogP contribution < -0.4 is 11.1 Å². The molecule has 0 atom stereocenters. The zero-order chi connectivity index (χ0) is 10.7. The normalized spacial score (nSPS) is 17.4. The van der Waals surface area contributed by atoms with Crippen LogP contribution in [0.4, 0.5) is 11.5 Å². The predicted molar refractivity (Wildman–Crippen MR) is 60.5 cm³/mol. The second-order valence-electron chi connectivity index (χ2n) is 4.30. The summed E-state index contributed by atoms with van der Waals surface area (Å²) in [6.45, 7) is 1.20. The van der Waals surface area contributed by atoms with Crippen LogP contribution >= 0.6 is 0 Å². The number of anilines is 2. The number of nitrogens with two attached hydrogens (primary N) is 1. The van der Waals surface area contributed by atoms with Crippen LogP contribution in [0.25, 0.3) is 0 Å². The van der Waals surface area contributed by atoms with E-state index in [1.807, 2.05) is 6.07 Å². The Labute approximate surface area is 89.5 Å². The number of aromatic nitrogens is 1. The molecule has 1 saturated carbocycles. The Morgan fingerprint density at radius 3 is 2.80 bits per heavy atom. The molecule has 4 nitrogen and oxygen atoms in total. The van der Waals surface area contributed by atoms with E-state index in [2.05, 4.69) is 10.3 Å². The Morgan fingerprint density at radius 2 is 2.27 bits per heavy atom. The van der Waals surface area contributed by atoms with Gasteiger partial charge in [-0.25, -0.2) is 4.98 Å². The van der Waals surface area contributed by atoms with Gasteiger partial charge in [0.2, 0.25) is 0 Å². The van der Waals surface area contributed by atoms with E-state index in [1.165, 1.54) is 12.8 Å². The number of aliphatic hydroxyl groups excluding tert-OH is 1. The maximum Gasteiger partial charge on any atom is 0.123 e. The van der Waals surface area contributed by atoms with Crippen LogP contribution in [-0.2, 0) is 0 Å². The third kappa shape index (κ3) is 2.59. The molecule has 0 aliphatic heterocycles. The molecule has 4 N–H and O–H groups in total. The van der Waals surface area contributed by atoms with Gasteiger partial charge in [0.25, 0.3) is 0 Å². The van der Waals surface area contributed by atoms with Gasteiger partial charge in [-0.05, 0) is 36.8 Å². The molecule has 82 valence electrons. The molecule has 1 aliphatic rings. The topological polar surface area (TPSA) is 71.2 Å². The highest BCUT2D eigenvalue weighted by atomic mass is 16.3. The molecule has 1 aliphatic carbocycles. The molecule has 1 fully saturated rings. The summed E-state index contributed by atoms with van der Waals surface area (Å²) in [5.41, 5.74) is 6.82. The fourth-order valence-corrected chi connectivity index (χ4v) is 1.73. The predicted octanol–water partition coefficient (Wildman–Crippen LogP) is 1.24. The number of hydrogen-bond acceptors (Lipinski definition) is 4. The second kappa shape index (κ2) is 4.06. The summed E-state index contributed by atoms with van der Waals surface area (Å²) in [5, 5.41) is 12.2. The lowest BCUT2D eigenvalue weighted by Crippen LogP contribution is -2.16. The largest absolute Gasteiger partial charge is 0.396 e. The number of hydrogen-bond donors (Lipinski definition) is 3. The fraction of sp³-hybridized carbons (Fsp3) is 0.545. The molecule has 4 heteroatoms. The van der Waals surface area contributed by atoms with E-state index in [0.717, 1.165) is 18.7 Å². The molecule has 1 heterocycles. The van der Waals surface area contributed by atoms with Crippen LogP contribution in [-0.4, -0.2) is 23.2 Å². The van der Waals surface area contributed by atoms with Gasteiger partial charge in [-0.15, -0.1) is 0 Å². The van der Waals surface area contributed by atoms with Crippen molar-refractivity contribution in [3.63, 3.8) is 0 Å². The minimum Gasteiger partial charge on any atom is -0.396 e. The van der Waals surface area contributed by atoms with E-state index in [-0.39, 0.29) is 6.61 Å². The summed E-state index contributed by atoms with van der Waals surface area (Å²) in [6, 6.07) is 3.71. The summed E-state index contributed by atoms with van der Waals surface area (Å²) in [6.07, 6.45) is 5.05. The van der Waals surface area contributed by atoms with Gasteiger partial charge in [0, 0.05) is 13.2 Å². The summed E-state index contributed by atoms with van der Waals surface area (Å²) in [7, 11) is 0. The molecule has 15 heavy (non-hydrogen) atoms. The summed E-state index contributed by atoms with van der Waals surface area (Å²) >= 11 is 0. The maximum atomic E-state index is 8.92. The van der Waals surface area contributed by atoms with Crippen molar-refractivity contribution in [3.8, 4) is 0 Å². The van der Waals surface area contributed by atoms with Crippen LogP contribution in [0.15, 0.2) is 18.3 Å². The van der Waals surface area contributed by atoms with E-state index >= 15 is 0 Å². The highest BCUT2D eigenvalue weighted by Crippen LogP contribution is 2.48. The Kier molecular flexibility index (Phi) is 2.77. The standard InChI is InChI=1S/C11H17N3O/c12-10-2-1-9(7-13-10)14-8-11(3-4-11)5-6-15/h1-2,7,14-15H,3-6,8H2,(H2,12,13). The van der Waals surface area contributed by atoms with Crippen molar-refractivity contribution < 1.29 is 5.11 Å². The Bertz CT molecular complexity index is 319. The summed E-state index contributed by atoms with van der Waals surface area (Å²) in [5.74, 6) is 0.539. The van der Waals surface area contributed by atoms with Crippen LogP contribution in [0.5, 0.6) is 0 Å². The molecule has 1 aromatic heterocycles. The first kappa shape index (κ1) is 10.2. The van der Waals surface area contributed by atoms with Crippen molar-refractivity contribution in [1.29, 1.82) is 0 Å². The van der Waals surface area contributed by atoms with Gasteiger partial charge in [-0.3, -0.25) is 0 Å². The number of nitrogen functional groups attached to an aromatic ring is 1. The first-order valence-corrected chi connectivity index (χ1v) is 5.30. The van der Waals surface area contributed by atoms with E-state index in [9.17, 15) is 0 Å². The molecule has 0 spiro atoms. The minimum atomic E-state index is 0.279. The van der Waals surface area contributed by atoms with E-state index in [4.69, 9.17) is 10.8 Å². The summed E-state index contributed by atoms with van der Waals surface area (Å²) < 4.78 is 0. The molecule has 0 bridgehead atoms. The monoisotopic (exact) mass is 207 g/mol. The summed E-state index contributed by atoms with van der Waals surface area (Å²) in [4.78, 5) is 4.01. The molecule has 0 saturated heterocycles. The van der Waals surface area contributed by atoms with Crippen molar-refractivity contribution in [1.82, 2.24) is 4.98 Å². The third-order valence-electron chi connectivity index (χ3n) is 3.05. The van der Waals surface area contributed by atoms with Gasteiger partial charge in [-0.1, -0.05) is 0 Å². The average Bonchev–Trinajstić information content (AvgIpc) is 2.99. The van der Waals surface area contributed by atoms with E-state index in [0.29, 0.717) is 11.2 Å². The number of nitrogens with one attached hydrogen (secondary N) is 1. The second-order valence-corrected chi connectivity index (χ2v) is 4.30. The lowest BCUT2D eigenvalue weighted by atomic mass is 10.0. The quantitative estimate of drug-likeness (QED) is 0.679. The van der Waals surface area contributed by atoms with Crippen LogP contribution in [0, 0.1) is 5.41 Å². The fourth-order valence-electron chi connectivity index (χ4n) is 1.73. The van der Waals surface area contributed by atoms with Crippen LogP contribution in [0.1, 0.15) is 19.3 Å². The number of rotatable bonds is 5. The van der Waals surface area contributed by atoms with Gasteiger partial charge in [0.05, 0.1) is 11.9 Å². The molecule has 0 radical (unpaired) electrons. The van der Waals surface area contributed by atoms with E-state index in [1.54, 1.807) is 12.3 Å². The van der Waals surface area contributed by atoms with Crippen molar-refractivity contribution in [2.24, 2.45) is 5.41 Å². The lowest BCUT2D eigenvalue weighted by molar-refractivity contribution is 0.253. The zero-order valence-corrected chi connectivity index (χ0v) is 8.74. The van der Waals surface area contributed by atoms with Crippen LogP contribution in [0.3, 0.4) is 0 Å². The Hall–Kier alpha value is -1.29. The lowest BCUT2D eigenvalue weighted by Gasteiger charge is -2.15. The molecule has 0 aromatic carbocycles. The molecular weight excluding hydrogens is 190 g/mol. The SMILES string of the molecule is Nc1ccc(NCC2(CCO)CC2)cn1. The van der Waals surface area contributed by atoms with Crippen molar-refractivity contribution in [3.05, 3.63) is 18.3 Å².